The summed E-state index contributed by atoms with van der Waals surface area (Å²) in [5, 5.41) is 0. The molecule has 0 saturated heterocycles. The van der Waals surface area contributed by atoms with Crippen molar-refractivity contribution in [1.82, 2.24) is 4.90 Å². The minimum Gasteiger partial charge on any atom is -0.269 e. The first-order valence-corrected chi connectivity index (χ1v) is 9.18. The number of nitrogens with zero attached hydrogens (tertiary/aromatic N) is 2. The zero-order chi connectivity index (χ0) is 19.6. The van der Waals surface area contributed by atoms with Gasteiger partial charge in [-0.05, 0) is 44.9 Å². The highest BCUT2D eigenvalue weighted by Crippen LogP contribution is 2.25. The van der Waals surface area contributed by atoms with Crippen molar-refractivity contribution < 1.29 is 9.59 Å². The van der Waals surface area contributed by atoms with Crippen molar-refractivity contribution in [3.8, 4) is 0 Å². The van der Waals surface area contributed by atoms with Crippen molar-refractivity contribution in [1.29, 1.82) is 0 Å². The van der Waals surface area contributed by atoms with Gasteiger partial charge < -0.3 is 0 Å². The second-order valence-corrected chi connectivity index (χ2v) is 6.94. The quantitative estimate of drug-likeness (QED) is 0.563. The summed E-state index contributed by atoms with van der Waals surface area (Å²) in [6.07, 6.45) is 0.882. The Morgan fingerprint density at radius 1 is 0.926 bits per heavy atom. The lowest BCUT2D eigenvalue weighted by atomic mass is 10.0. The Hall–Kier alpha value is -3.01. The van der Waals surface area contributed by atoms with Gasteiger partial charge in [-0.15, -0.1) is 0 Å². The molecule has 0 fully saturated rings. The van der Waals surface area contributed by atoms with Gasteiger partial charge in [-0.3, -0.25) is 19.5 Å². The molecule has 0 aromatic heterocycles. The van der Waals surface area contributed by atoms with E-state index in [1.54, 1.807) is 24.3 Å². The van der Waals surface area contributed by atoms with Crippen LogP contribution in [0.4, 0.5) is 0 Å². The molecule has 138 valence electrons. The minimum absolute atomic E-state index is 0.193. The second kappa shape index (κ2) is 7.70. The average Bonchev–Trinajstić information content (AvgIpc) is 2.91. The van der Waals surface area contributed by atoms with Gasteiger partial charge in [-0.25, -0.2) is 0 Å². The number of fused-ring (bicyclic) bond motifs is 1. The molecule has 4 heteroatoms. The van der Waals surface area contributed by atoms with Gasteiger partial charge in [-0.2, -0.15) is 0 Å². The van der Waals surface area contributed by atoms with Crippen LogP contribution in [0.1, 0.15) is 59.0 Å². The highest BCUT2D eigenvalue weighted by Gasteiger charge is 2.35. The largest absolute Gasteiger partial charge is 0.269 e. The molecule has 0 bridgehead atoms. The third-order valence-corrected chi connectivity index (χ3v) is 4.83. The van der Waals surface area contributed by atoms with Crippen molar-refractivity contribution in [2.24, 2.45) is 4.99 Å². The van der Waals surface area contributed by atoms with E-state index >= 15 is 0 Å². The number of benzene rings is 2. The summed E-state index contributed by atoms with van der Waals surface area (Å²) in [7, 11) is 0. The summed E-state index contributed by atoms with van der Waals surface area (Å²) in [6.45, 7) is 8.27. The van der Waals surface area contributed by atoms with E-state index in [0.29, 0.717) is 11.1 Å². The fourth-order valence-electron chi connectivity index (χ4n) is 3.12. The van der Waals surface area contributed by atoms with Gasteiger partial charge in [0.15, 0.2) is 0 Å². The SMILES string of the molecule is CC/C(C)=C(\N=C(/C)CN1C(=O)c2ccccc2C1=O)c1ccc(C)cc1. The molecule has 1 aliphatic heterocycles. The summed E-state index contributed by atoms with van der Waals surface area (Å²) in [4.78, 5) is 31.2. The van der Waals surface area contributed by atoms with Crippen LogP contribution in [0.3, 0.4) is 0 Å². The fourth-order valence-corrected chi connectivity index (χ4v) is 3.12. The molecule has 0 aliphatic carbocycles. The Kier molecular flexibility index (Phi) is 5.36. The zero-order valence-electron chi connectivity index (χ0n) is 16.2. The first-order valence-electron chi connectivity index (χ1n) is 9.18. The molecule has 2 amide bonds. The molecule has 27 heavy (non-hydrogen) atoms. The number of allylic oxidation sites excluding steroid dienone is 1. The topological polar surface area (TPSA) is 49.7 Å². The molecule has 0 radical (unpaired) electrons. The van der Waals surface area contributed by atoms with Gasteiger partial charge in [0.25, 0.3) is 11.8 Å². The summed E-state index contributed by atoms with van der Waals surface area (Å²) >= 11 is 0. The first-order chi connectivity index (χ1) is 12.9. The van der Waals surface area contributed by atoms with Gasteiger partial charge in [0.2, 0.25) is 0 Å². The van der Waals surface area contributed by atoms with E-state index in [9.17, 15) is 9.59 Å². The third-order valence-electron chi connectivity index (χ3n) is 4.83. The minimum atomic E-state index is -0.252. The molecule has 1 heterocycles. The number of hydrogen-bond donors (Lipinski definition) is 0. The number of aliphatic imine (C=N–C) groups is 1. The van der Waals surface area contributed by atoms with E-state index in [1.807, 2.05) is 6.92 Å². The lowest BCUT2D eigenvalue weighted by Gasteiger charge is -2.15. The van der Waals surface area contributed by atoms with E-state index in [0.717, 1.165) is 23.4 Å². The Bertz CT molecular complexity index is 918. The summed E-state index contributed by atoms with van der Waals surface area (Å²) < 4.78 is 0. The molecule has 3 rings (SSSR count). The second-order valence-electron chi connectivity index (χ2n) is 6.94. The number of imide groups is 1. The molecule has 4 nitrogen and oxygen atoms in total. The number of carbonyl (C=O) groups excluding carboxylic acids is 2. The molecule has 0 saturated carbocycles. The van der Waals surface area contributed by atoms with Gasteiger partial charge in [0.05, 0.1) is 23.4 Å². The number of carbonyl (C=O) groups is 2. The van der Waals surface area contributed by atoms with Crippen molar-refractivity contribution in [3.63, 3.8) is 0 Å². The Labute approximate surface area is 160 Å². The smallest absolute Gasteiger partial charge is 0.261 e. The van der Waals surface area contributed by atoms with Crippen LogP contribution in [0, 0.1) is 6.92 Å². The van der Waals surface area contributed by atoms with Crippen LogP contribution in [0.5, 0.6) is 0 Å². The van der Waals surface area contributed by atoms with Crippen molar-refractivity contribution in [2.75, 3.05) is 6.54 Å². The molecule has 1 aliphatic rings. The van der Waals surface area contributed by atoms with E-state index < -0.39 is 0 Å². The summed E-state index contributed by atoms with van der Waals surface area (Å²) in [5.41, 5.74) is 5.98. The predicted octanol–water partition coefficient (Wildman–Crippen LogP) is 4.89. The van der Waals surface area contributed by atoms with Gasteiger partial charge in [-0.1, -0.05) is 48.9 Å². The number of amides is 2. The molecule has 0 spiro atoms. The van der Waals surface area contributed by atoms with Crippen molar-refractivity contribution in [3.05, 3.63) is 76.4 Å². The molecule has 0 atom stereocenters. The van der Waals surface area contributed by atoms with Crippen LogP contribution in [0.2, 0.25) is 0 Å². The van der Waals surface area contributed by atoms with E-state index in [2.05, 4.69) is 45.0 Å². The van der Waals surface area contributed by atoms with E-state index in [1.165, 1.54) is 16.0 Å². The predicted molar refractivity (Wildman–Crippen MR) is 109 cm³/mol. The Morgan fingerprint density at radius 2 is 1.48 bits per heavy atom. The molecule has 2 aromatic rings. The third kappa shape index (κ3) is 3.75. The monoisotopic (exact) mass is 360 g/mol. The zero-order valence-corrected chi connectivity index (χ0v) is 16.2. The van der Waals surface area contributed by atoms with Gasteiger partial charge >= 0.3 is 0 Å². The van der Waals surface area contributed by atoms with Crippen LogP contribution in [-0.4, -0.2) is 29.0 Å². The maximum Gasteiger partial charge on any atom is 0.261 e. The highest BCUT2D eigenvalue weighted by atomic mass is 16.2. The fraction of sp³-hybridized carbons (Fsp3) is 0.261. The van der Waals surface area contributed by atoms with Crippen LogP contribution in [0.25, 0.3) is 5.70 Å². The summed E-state index contributed by atoms with van der Waals surface area (Å²) in [6, 6.07) is 15.2. The number of aryl methyl sites for hydroxylation is 1. The standard InChI is InChI=1S/C23H24N2O2/c1-5-16(3)21(18-12-10-15(2)11-13-18)24-17(4)14-25-22(26)19-8-6-7-9-20(19)23(25)27/h6-13H,5,14H2,1-4H3/b21-16-,24-17+. The highest BCUT2D eigenvalue weighted by molar-refractivity contribution is 6.22. The Morgan fingerprint density at radius 3 is 2.00 bits per heavy atom. The molecule has 0 N–H and O–H groups in total. The summed E-state index contributed by atoms with van der Waals surface area (Å²) in [5.74, 6) is -0.503. The lowest BCUT2D eigenvalue weighted by Crippen LogP contribution is -2.34. The first kappa shape index (κ1) is 18.8. The van der Waals surface area contributed by atoms with Gasteiger partial charge in [0, 0.05) is 11.3 Å². The normalized spacial score (nSPS) is 15.1. The maximum atomic E-state index is 12.6. The average molecular weight is 360 g/mol. The molecular weight excluding hydrogens is 336 g/mol. The van der Waals surface area contributed by atoms with Crippen LogP contribution >= 0.6 is 0 Å². The number of hydrogen-bond acceptors (Lipinski definition) is 3. The van der Waals surface area contributed by atoms with Crippen LogP contribution in [0.15, 0.2) is 59.1 Å². The van der Waals surface area contributed by atoms with Crippen molar-refractivity contribution in [2.45, 2.75) is 34.1 Å². The van der Waals surface area contributed by atoms with Gasteiger partial charge in [0.1, 0.15) is 0 Å². The Balaban J connectivity index is 1.89. The van der Waals surface area contributed by atoms with E-state index in [-0.39, 0.29) is 18.4 Å². The van der Waals surface area contributed by atoms with Crippen LogP contribution < -0.4 is 0 Å². The van der Waals surface area contributed by atoms with Crippen LogP contribution in [-0.2, 0) is 0 Å². The molecule has 0 unspecified atom stereocenters. The molecule has 2 aromatic carbocycles. The van der Waals surface area contributed by atoms with E-state index in [4.69, 9.17) is 4.99 Å². The number of rotatable bonds is 5. The van der Waals surface area contributed by atoms with Crippen molar-refractivity contribution >= 4 is 23.2 Å². The maximum absolute atomic E-state index is 12.6. The molecular formula is C23H24N2O2. The lowest BCUT2D eigenvalue weighted by molar-refractivity contribution is 0.0677.